The Labute approximate surface area is 202 Å². The second-order valence-electron chi connectivity index (χ2n) is 9.12. The molecule has 0 bridgehead atoms. The van der Waals surface area contributed by atoms with Gasteiger partial charge in [-0.1, -0.05) is 24.3 Å². The van der Waals surface area contributed by atoms with Gasteiger partial charge in [0.15, 0.2) is 0 Å². The molecule has 0 spiro atoms. The van der Waals surface area contributed by atoms with Gasteiger partial charge in [0.1, 0.15) is 0 Å². The van der Waals surface area contributed by atoms with Crippen molar-refractivity contribution in [3.8, 4) is 0 Å². The molecule has 3 rings (SSSR count). The van der Waals surface area contributed by atoms with Crippen LogP contribution in [-0.4, -0.2) is 116 Å². The number of hydrogen-bond donors (Lipinski definition) is 2. The molecule has 0 atom stereocenters. The monoisotopic (exact) mass is 470 g/mol. The number of para-hydroxylation sites is 1. The molecule has 9 nitrogen and oxygen atoms in total. The minimum Gasteiger partial charge on any atom is -0.352 e. The van der Waals surface area contributed by atoms with Crippen LogP contribution in [0, 0.1) is 13.8 Å². The number of nitrogens with one attached hydrogen (secondary N) is 2. The molecule has 0 unspecified atom stereocenters. The lowest BCUT2D eigenvalue weighted by atomic mass is 10.1. The Hall–Kier alpha value is -2.75. The number of piperazine rings is 2. The molecule has 34 heavy (non-hydrogen) atoms. The average Bonchev–Trinajstić information content (AvgIpc) is 2.82. The van der Waals surface area contributed by atoms with Gasteiger partial charge in [-0.15, -0.1) is 6.58 Å². The lowest BCUT2D eigenvalue weighted by molar-refractivity contribution is -0.135. The molecule has 2 saturated heterocycles. The van der Waals surface area contributed by atoms with E-state index in [4.69, 9.17) is 0 Å². The van der Waals surface area contributed by atoms with Crippen molar-refractivity contribution in [2.45, 2.75) is 13.8 Å². The van der Waals surface area contributed by atoms with Gasteiger partial charge in [0.25, 0.3) is 0 Å². The van der Waals surface area contributed by atoms with Crippen molar-refractivity contribution in [1.82, 2.24) is 24.9 Å². The summed E-state index contributed by atoms with van der Waals surface area (Å²) in [5.74, 6) is 0.120. The van der Waals surface area contributed by atoms with Crippen molar-refractivity contribution < 1.29 is 14.4 Å². The minimum absolute atomic E-state index is 0.00464. The molecule has 1 aromatic rings. The summed E-state index contributed by atoms with van der Waals surface area (Å²) in [6.07, 6.45) is 1.67. The molecule has 0 radical (unpaired) electrons. The predicted molar refractivity (Wildman–Crippen MR) is 134 cm³/mol. The molecule has 0 aromatic heterocycles. The lowest BCUT2D eigenvalue weighted by Crippen LogP contribution is -2.55. The SMILES string of the molecule is C=CCNC(=O)CN1CCN(CC(=O)N2CCN(CC(=O)Nc3c(C)cccc3C)CC2)CC1. The summed E-state index contributed by atoms with van der Waals surface area (Å²) in [6.45, 7) is 15.0. The van der Waals surface area contributed by atoms with Gasteiger partial charge in [0.05, 0.1) is 19.6 Å². The molecule has 2 fully saturated rings. The molecule has 0 aliphatic carbocycles. The van der Waals surface area contributed by atoms with Crippen LogP contribution in [0.2, 0.25) is 0 Å². The van der Waals surface area contributed by atoms with E-state index >= 15 is 0 Å². The highest BCUT2D eigenvalue weighted by Crippen LogP contribution is 2.19. The van der Waals surface area contributed by atoms with Crippen LogP contribution in [0.25, 0.3) is 0 Å². The quantitative estimate of drug-likeness (QED) is 0.505. The van der Waals surface area contributed by atoms with Crippen LogP contribution < -0.4 is 10.6 Å². The largest absolute Gasteiger partial charge is 0.352 e. The highest BCUT2D eigenvalue weighted by Gasteiger charge is 2.26. The van der Waals surface area contributed by atoms with E-state index in [-0.39, 0.29) is 17.7 Å². The van der Waals surface area contributed by atoms with Gasteiger partial charge in [-0.25, -0.2) is 0 Å². The zero-order valence-corrected chi connectivity index (χ0v) is 20.5. The third-order valence-corrected chi connectivity index (χ3v) is 6.47. The molecule has 2 aliphatic rings. The first-order valence-electron chi connectivity index (χ1n) is 12.0. The van der Waals surface area contributed by atoms with Crippen LogP contribution >= 0.6 is 0 Å². The first-order valence-corrected chi connectivity index (χ1v) is 12.0. The number of benzene rings is 1. The Morgan fingerprint density at radius 2 is 1.32 bits per heavy atom. The zero-order valence-electron chi connectivity index (χ0n) is 20.5. The Kier molecular flexibility index (Phi) is 9.62. The van der Waals surface area contributed by atoms with E-state index in [0.29, 0.717) is 52.4 Å². The summed E-state index contributed by atoms with van der Waals surface area (Å²) in [6, 6.07) is 5.97. The number of anilines is 1. The Morgan fingerprint density at radius 3 is 1.88 bits per heavy atom. The van der Waals surface area contributed by atoms with Crippen LogP contribution in [0.5, 0.6) is 0 Å². The fourth-order valence-corrected chi connectivity index (χ4v) is 4.39. The number of nitrogens with zero attached hydrogens (tertiary/aromatic N) is 4. The van der Waals surface area contributed by atoms with Gasteiger partial charge >= 0.3 is 0 Å². The molecule has 2 heterocycles. The smallest absolute Gasteiger partial charge is 0.238 e. The number of aryl methyl sites for hydroxylation is 2. The average molecular weight is 471 g/mol. The number of hydrogen-bond acceptors (Lipinski definition) is 6. The van der Waals surface area contributed by atoms with Gasteiger partial charge in [0, 0.05) is 64.6 Å². The highest BCUT2D eigenvalue weighted by atomic mass is 16.2. The van der Waals surface area contributed by atoms with Gasteiger partial charge in [-0.3, -0.25) is 29.1 Å². The second-order valence-corrected chi connectivity index (χ2v) is 9.12. The number of rotatable bonds is 9. The molecular weight excluding hydrogens is 432 g/mol. The second kappa shape index (κ2) is 12.6. The van der Waals surface area contributed by atoms with E-state index in [1.807, 2.05) is 36.9 Å². The van der Waals surface area contributed by atoms with E-state index in [9.17, 15) is 14.4 Å². The highest BCUT2D eigenvalue weighted by molar-refractivity contribution is 5.93. The Morgan fingerprint density at radius 1 is 0.824 bits per heavy atom. The molecule has 1 aromatic carbocycles. The molecular formula is C25H38N6O3. The van der Waals surface area contributed by atoms with Crippen molar-refractivity contribution in [1.29, 1.82) is 0 Å². The Bertz CT molecular complexity index is 853. The molecule has 3 amide bonds. The summed E-state index contributed by atoms with van der Waals surface area (Å²) in [5.41, 5.74) is 3.00. The van der Waals surface area contributed by atoms with Crippen LogP contribution in [0.1, 0.15) is 11.1 Å². The summed E-state index contributed by atoms with van der Waals surface area (Å²) >= 11 is 0. The topological polar surface area (TPSA) is 88.2 Å². The van der Waals surface area contributed by atoms with Crippen molar-refractivity contribution in [2.24, 2.45) is 0 Å². The maximum absolute atomic E-state index is 12.8. The molecule has 2 N–H and O–H groups in total. The van der Waals surface area contributed by atoms with Crippen molar-refractivity contribution in [3.63, 3.8) is 0 Å². The number of carbonyl (C=O) groups excluding carboxylic acids is 3. The third-order valence-electron chi connectivity index (χ3n) is 6.47. The van der Waals surface area contributed by atoms with Crippen molar-refractivity contribution in [3.05, 3.63) is 42.0 Å². The lowest BCUT2D eigenvalue weighted by Gasteiger charge is -2.37. The molecule has 2 aliphatic heterocycles. The first kappa shape index (κ1) is 25.9. The third kappa shape index (κ3) is 7.65. The normalized spacial score (nSPS) is 17.9. The van der Waals surface area contributed by atoms with Gasteiger partial charge in [-0.05, 0) is 25.0 Å². The van der Waals surface area contributed by atoms with E-state index in [1.165, 1.54) is 0 Å². The predicted octanol–water partition coefficient (Wildman–Crippen LogP) is 0.306. The van der Waals surface area contributed by atoms with E-state index in [1.54, 1.807) is 6.08 Å². The summed E-state index contributed by atoms with van der Waals surface area (Å²) in [7, 11) is 0. The summed E-state index contributed by atoms with van der Waals surface area (Å²) in [4.78, 5) is 45.4. The maximum Gasteiger partial charge on any atom is 0.238 e. The van der Waals surface area contributed by atoms with Crippen molar-refractivity contribution in [2.75, 3.05) is 83.9 Å². The van der Waals surface area contributed by atoms with Crippen LogP contribution in [0.3, 0.4) is 0 Å². The fraction of sp³-hybridized carbons (Fsp3) is 0.560. The maximum atomic E-state index is 12.8. The minimum atomic E-state index is -0.0202. The molecule has 186 valence electrons. The van der Waals surface area contributed by atoms with Crippen LogP contribution in [0.4, 0.5) is 5.69 Å². The number of carbonyl (C=O) groups is 3. The van der Waals surface area contributed by atoms with Gasteiger partial charge < -0.3 is 15.5 Å². The van der Waals surface area contributed by atoms with Crippen LogP contribution in [0.15, 0.2) is 30.9 Å². The standard InChI is InChI=1S/C25H38N6O3/c1-4-8-26-22(32)17-28-9-11-30(12-10-28)19-24(34)31-15-13-29(14-16-31)18-23(33)27-25-20(2)6-5-7-21(25)3/h4-7H,1,8-19H2,2-3H3,(H,26,32)(H,27,33). The van der Waals surface area contributed by atoms with Crippen molar-refractivity contribution >= 4 is 23.4 Å². The Balaban J connectivity index is 1.34. The summed E-state index contributed by atoms with van der Waals surface area (Å²) < 4.78 is 0. The fourth-order valence-electron chi connectivity index (χ4n) is 4.39. The zero-order chi connectivity index (χ0) is 24.5. The van der Waals surface area contributed by atoms with E-state index in [2.05, 4.69) is 31.9 Å². The molecule has 9 heteroatoms. The number of amides is 3. The van der Waals surface area contributed by atoms with Gasteiger partial charge in [0.2, 0.25) is 17.7 Å². The van der Waals surface area contributed by atoms with Crippen LogP contribution in [-0.2, 0) is 14.4 Å². The first-order chi connectivity index (χ1) is 16.4. The molecule has 0 saturated carbocycles. The van der Waals surface area contributed by atoms with E-state index in [0.717, 1.165) is 43.0 Å². The summed E-state index contributed by atoms with van der Waals surface area (Å²) in [5, 5.41) is 5.83. The van der Waals surface area contributed by atoms with E-state index < -0.39 is 0 Å². The van der Waals surface area contributed by atoms with Gasteiger partial charge in [-0.2, -0.15) is 0 Å².